The quantitative estimate of drug-likeness (QED) is 0.288. The van der Waals surface area contributed by atoms with E-state index in [-0.39, 0.29) is 5.91 Å². The Hall–Kier alpha value is -2.45. The number of carbonyl (C=O) groups excluding carboxylic acids is 1. The van der Waals surface area contributed by atoms with Crippen LogP contribution < -0.4 is 5.32 Å². The highest BCUT2D eigenvalue weighted by molar-refractivity contribution is 7.99. The molecule has 0 saturated carbocycles. The van der Waals surface area contributed by atoms with Crippen molar-refractivity contribution in [2.24, 2.45) is 0 Å². The predicted molar refractivity (Wildman–Crippen MR) is 140 cm³/mol. The molecule has 2 heterocycles. The van der Waals surface area contributed by atoms with Crippen molar-refractivity contribution in [3.8, 4) is 0 Å². The summed E-state index contributed by atoms with van der Waals surface area (Å²) in [6, 6.07) is 8.58. The van der Waals surface area contributed by atoms with Gasteiger partial charge in [-0.1, -0.05) is 55.4 Å². The minimum Gasteiger partial charge on any atom is -0.355 e. The minimum absolute atomic E-state index is 0.0160. The van der Waals surface area contributed by atoms with Gasteiger partial charge in [0, 0.05) is 24.4 Å². The van der Waals surface area contributed by atoms with Crippen LogP contribution in [0.3, 0.4) is 0 Å². The fourth-order valence-electron chi connectivity index (χ4n) is 4.10. The van der Waals surface area contributed by atoms with Crippen molar-refractivity contribution >= 4 is 23.4 Å². The first-order valence-electron chi connectivity index (χ1n) is 12.3. The summed E-state index contributed by atoms with van der Waals surface area (Å²) >= 11 is 1.36. The zero-order valence-electron chi connectivity index (χ0n) is 21.2. The van der Waals surface area contributed by atoms with Gasteiger partial charge in [0.15, 0.2) is 0 Å². The summed E-state index contributed by atoms with van der Waals surface area (Å²) in [5, 5.41) is 8.22. The van der Waals surface area contributed by atoms with E-state index in [1.54, 1.807) is 4.52 Å². The number of hydrogen-bond donors (Lipinski definition) is 1. The first-order chi connectivity index (χ1) is 16.4. The van der Waals surface area contributed by atoms with Gasteiger partial charge in [-0.25, -0.2) is 9.50 Å². The van der Waals surface area contributed by atoms with E-state index in [0.29, 0.717) is 23.2 Å². The normalized spacial score (nSPS) is 11.5. The van der Waals surface area contributed by atoms with Gasteiger partial charge in [0.2, 0.25) is 11.1 Å². The molecule has 7 nitrogen and oxygen atoms in total. The lowest BCUT2D eigenvalue weighted by molar-refractivity contribution is -0.118. The lowest BCUT2D eigenvalue weighted by Gasteiger charge is -2.20. The molecule has 3 rings (SSSR count). The maximum Gasteiger partial charge on any atom is 0.253 e. The Morgan fingerprint density at radius 1 is 1.03 bits per heavy atom. The van der Waals surface area contributed by atoms with Gasteiger partial charge < -0.3 is 10.2 Å². The van der Waals surface area contributed by atoms with Crippen molar-refractivity contribution < 1.29 is 4.79 Å². The molecule has 0 radical (unpaired) electrons. The third-order valence-electron chi connectivity index (χ3n) is 5.92. The summed E-state index contributed by atoms with van der Waals surface area (Å²) in [5.74, 6) is 0.901. The van der Waals surface area contributed by atoms with E-state index in [2.05, 4.69) is 77.2 Å². The molecule has 1 aromatic carbocycles. The Morgan fingerprint density at radius 2 is 1.74 bits per heavy atom. The smallest absolute Gasteiger partial charge is 0.253 e. The van der Waals surface area contributed by atoms with E-state index < -0.39 is 0 Å². The molecular weight excluding hydrogens is 444 g/mol. The zero-order chi connectivity index (χ0) is 24.5. The molecule has 0 atom stereocenters. The van der Waals surface area contributed by atoms with Crippen LogP contribution in [0.4, 0.5) is 0 Å². The molecule has 0 bridgehead atoms. The molecule has 184 valence electrons. The van der Waals surface area contributed by atoms with Crippen LogP contribution in [-0.2, 0) is 11.2 Å². The van der Waals surface area contributed by atoms with Crippen LogP contribution in [0.15, 0.2) is 29.4 Å². The van der Waals surface area contributed by atoms with Crippen molar-refractivity contribution in [1.29, 1.82) is 0 Å². The number of aryl methyl sites for hydroxylation is 3. The van der Waals surface area contributed by atoms with Crippen LogP contribution >= 0.6 is 11.8 Å². The van der Waals surface area contributed by atoms with Crippen molar-refractivity contribution in [3.63, 3.8) is 0 Å². The number of benzene rings is 1. The lowest BCUT2D eigenvalue weighted by Crippen LogP contribution is -2.31. The Bertz CT molecular complexity index is 1070. The lowest BCUT2D eigenvalue weighted by atomic mass is 10.0. The third-order valence-corrected chi connectivity index (χ3v) is 6.75. The van der Waals surface area contributed by atoms with Gasteiger partial charge in [0.1, 0.15) is 0 Å². The van der Waals surface area contributed by atoms with Gasteiger partial charge in [-0.3, -0.25) is 4.79 Å². The summed E-state index contributed by atoms with van der Waals surface area (Å²) in [7, 11) is 0. The van der Waals surface area contributed by atoms with Crippen LogP contribution in [0, 0.1) is 20.8 Å². The molecule has 0 aliphatic heterocycles. The summed E-state index contributed by atoms with van der Waals surface area (Å²) in [6.45, 7) is 14.6. The molecule has 0 saturated heterocycles. The summed E-state index contributed by atoms with van der Waals surface area (Å²) in [4.78, 5) is 24.0. The molecule has 8 heteroatoms. The largest absolute Gasteiger partial charge is 0.355 e. The average molecular weight is 483 g/mol. The highest BCUT2D eigenvalue weighted by Gasteiger charge is 2.15. The molecule has 1 amide bonds. The molecule has 0 aliphatic carbocycles. The Labute approximate surface area is 207 Å². The van der Waals surface area contributed by atoms with Crippen molar-refractivity contribution in [1.82, 2.24) is 29.8 Å². The number of nitrogens with one attached hydrogen (secondary N) is 1. The van der Waals surface area contributed by atoms with Crippen molar-refractivity contribution in [3.05, 3.63) is 52.3 Å². The molecule has 0 unspecified atom stereocenters. The van der Waals surface area contributed by atoms with Crippen molar-refractivity contribution in [2.75, 3.05) is 31.9 Å². The summed E-state index contributed by atoms with van der Waals surface area (Å²) < 4.78 is 1.80. The summed E-state index contributed by atoms with van der Waals surface area (Å²) in [6.07, 6.45) is 4.10. The minimum atomic E-state index is 0.0160. The molecule has 3 aromatic rings. The van der Waals surface area contributed by atoms with Gasteiger partial charge in [0.05, 0.1) is 5.75 Å². The molecule has 2 aromatic heterocycles. The Morgan fingerprint density at radius 3 is 2.41 bits per heavy atom. The number of amides is 1. The highest BCUT2D eigenvalue weighted by Crippen LogP contribution is 2.20. The van der Waals surface area contributed by atoms with E-state index in [9.17, 15) is 4.79 Å². The SMILES string of the molecule is CCCN(CCC)CCCNC(=O)CSc1nc2nc(C)c(Cc3ccc(C)cc3)c(C)n2n1. The fraction of sp³-hybridized carbons (Fsp3) is 0.538. The zero-order valence-corrected chi connectivity index (χ0v) is 22.0. The van der Waals surface area contributed by atoms with E-state index in [1.807, 2.05) is 6.92 Å². The van der Waals surface area contributed by atoms with Gasteiger partial charge >= 0.3 is 0 Å². The van der Waals surface area contributed by atoms with Gasteiger partial charge in [-0.2, -0.15) is 4.98 Å². The number of hydrogen-bond acceptors (Lipinski definition) is 6. The molecule has 0 aliphatic rings. The topological polar surface area (TPSA) is 75.4 Å². The number of rotatable bonds is 13. The van der Waals surface area contributed by atoms with Gasteiger partial charge in [0.25, 0.3) is 5.78 Å². The number of carbonyl (C=O) groups is 1. The predicted octanol–water partition coefficient (Wildman–Crippen LogP) is 4.36. The number of nitrogens with zero attached hydrogens (tertiary/aromatic N) is 5. The van der Waals surface area contributed by atoms with E-state index in [0.717, 1.165) is 62.3 Å². The fourth-order valence-corrected chi connectivity index (χ4v) is 4.74. The van der Waals surface area contributed by atoms with Gasteiger partial charge in [-0.05, 0) is 70.8 Å². The average Bonchev–Trinajstić information content (AvgIpc) is 3.22. The summed E-state index contributed by atoms with van der Waals surface area (Å²) in [5.41, 5.74) is 5.67. The first-order valence-corrected chi connectivity index (χ1v) is 13.3. The monoisotopic (exact) mass is 482 g/mol. The third kappa shape index (κ3) is 7.27. The van der Waals surface area contributed by atoms with Crippen LogP contribution in [0.2, 0.25) is 0 Å². The molecule has 0 spiro atoms. The Balaban J connectivity index is 1.55. The number of fused-ring (bicyclic) bond motifs is 1. The van der Waals surface area contributed by atoms with Crippen LogP contribution in [-0.4, -0.2) is 62.3 Å². The van der Waals surface area contributed by atoms with Crippen LogP contribution in [0.25, 0.3) is 5.78 Å². The maximum atomic E-state index is 12.3. The van der Waals surface area contributed by atoms with Crippen LogP contribution in [0.1, 0.15) is 61.2 Å². The molecule has 34 heavy (non-hydrogen) atoms. The van der Waals surface area contributed by atoms with E-state index >= 15 is 0 Å². The first kappa shape index (κ1) is 26.2. The second-order valence-corrected chi connectivity index (χ2v) is 9.81. The number of thioether (sulfide) groups is 1. The maximum absolute atomic E-state index is 12.3. The number of aromatic nitrogens is 4. The standard InChI is InChI=1S/C26H38N6OS/c1-6-14-31(15-7-2)16-8-13-27-24(33)18-34-26-29-25-28-20(4)23(21(5)32(25)30-26)17-22-11-9-19(3)10-12-22/h9-12H,6-8,13-18H2,1-5H3,(H,27,33). The van der Waals surface area contributed by atoms with Gasteiger partial charge in [-0.15, -0.1) is 5.10 Å². The second kappa shape index (κ2) is 12.9. The Kier molecular flexibility index (Phi) is 9.89. The van der Waals surface area contributed by atoms with Crippen molar-refractivity contribution in [2.45, 2.75) is 65.5 Å². The second-order valence-electron chi connectivity index (χ2n) is 8.86. The molecular formula is C26H38N6OS. The molecule has 0 fully saturated rings. The van der Waals surface area contributed by atoms with E-state index in [4.69, 9.17) is 0 Å². The highest BCUT2D eigenvalue weighted by atomic mass is 32.2. The van der Waals surface area contributed by atoms with E-state index in [1.165, 1.54) is 22.9 Å². The van der Waals surface area contributed by atoms with Crippen LogP contribution in [0.5, 0.6) is 0 Å². The molecule has 1 N–H and O–H groups in total.